The van der Waals surface area contributed by atoms with E-state index in [9.17, 15) is 0 Å². The molecule has 0 fully saturated rings. The van der Waals surface area contributed by atoms with Gasteiger partial charge in [0.05, 0.1) is 5.02 Å². The maximum atomic E-state index is 6.26. The van der Waals surface area contributed by atoms with Crippen LogP contribution in [0.3, 0.4) is 0 Å². The topological polar surface area (TPSA) is 12.0 Å². The van der Waals surface area contributed by atoms with Gasteiger partial charge in [0.15, 0.2) is 0 Å². The molecule has 1 nitrogen and oxygen atoms in total. The molecular formula is C15H23Cl2NS. The lowest BCUT2D eigenvalue weighted by atomic mass is 10.1. The van der Waals surface area contributed by atoms with E-state index in [4.69, 9.17) is 23.2 Å². The van der Waals surface area contributed by atoms with Crippen LogP contribution in [-0.2, 0) is 0 Å². The molecule has 2 unspecified atom stereocenters. The Bertz CT molecular complexity index is 378. The maximum Gasteiger partial charge on any atom is 0.0543 e. The Morgan fingerprint density at radius 3 is 2.53 bits per heavy atom. The van der Waals surface area contributed by atoms with Crippen molar-refractivity contribution in [1.82, 2.24) is 5.32 Å². The fourth-order valence-corrected chi connectivity index (χ4v) is 3.93. The van der Waals surface area contributed by atoms with Gasteiger partial charge in [-0.05, 0) is 37.6 Å². The van der Waals surface area contributed by atoms with Crippen LogP contribution in [0.4, 0.5) is 0 Å². The van der Waals surface area contributed by atoms with Gasteiger partial charge in [-0.2, -0.15) is 0 Å². The third-order valence-electron chi connectivity index (χ3n) is 3.09. The van der Waals surface area contributed by atoms with Gasteiger partial charge in [0.1, 0.15) is 0 Å². The minimum Gasteiger partial charge on any atom is -0.313 e. The Kier molecular flexibility index (Phi) is 8.24. The molecule has 1 rings (SSSR count). The van der Waals surface area contributed by atoms with Crippen molar-refractivity contribution in [1.29, 1.82) is 0 Å². The molecular weight excluding hydrogens is 297 g/mol. The lowest BCUT2D eigenvalue weighted by Crippen LogP contribution is -2.37. The highest BCUT2D eigenvalue weighted by Gasteiger charge is 2.20. The predicted octanol–water partition coefficient (Wildman–Crippen LogP) is 5.64. The zero-order chi connectivity index (χ0) is 14.3. The highest BCUT2D eigenvalue weighted by atomic mass is 35.5. The highest BCUT2D eigenvalue weighted by molar-refractivity contribution is 8.00. The summed E-state index contributed by atoms with van der Waals surface area (Å²) in [6.45, 7) is 7.63. The second-order valence-corrected chi connectivity index (χ2v) is 6.72. The van der Waals surface area contributed by atoms with Crippen LogP contribution in [0.25, 0.3) is 0 Å². The molecule has 0 aromatic heterocycles. The summed E-state index contributed by atoms with van der Waals surface area (Å²) in [5, 5.41) is 5.65. The van der Waals surface area contributed by atoms with E-state index in [0.717, 1.165) is 27.9 Å². The van der Waals surface area contributed by atoms with Crippen molar-refractivity contribution in [2.45, 2.75) is 56.2 Å². The highest BCUT2D eigenvalue weighted by Crippen LogP contribution is 2.35. The third-order valence-corrected chi connectivity index (χ3v) is 5.32. The molecule has 0 saturated carbocycles. The fraction of sp³-hybridized carbons (Fsp3) is 0.600. The van der Waals surface area contributed by atoms with Gasteiger partial charge in [0.2, 0.25) is 0 Å². The van der Waals surface area contributed by atoms with E-state index >= 15 is 0 Å². The number of rotatable bonds is 8. The first-order valence-corrected chi connectivity index (χ1v) is 8.60. The predicted molar refractivity (Wildman–Crippen MR) is 88.8 cm³/mol. The van der Waals surface area contributed by atoms with Gasteiger partial charge in [0.25, 0.3) is 0 Å². The molecule has 0 bridgehead atoms. The number of benzene rings is 1. The first kappa shape index (κ1) is 17.2. The summed E-state index contributed by atoms with van der Waals surface area (Å²) in [5.74, 6) is 0. The molecule has 1 aromatic rings. The van der Waals surface area contributed by atoms with Gasteiger partial charge in [-0.1, -0.05) is 50.4 Å². The lowest BCUT2D eigenvalue weighted by Gasteiger charge is -2.26. The Morgan fingerprint density at radius 2 is 1.95 bits per heavy atom. The van der Waals surface area contributed by atoms with E-state index in [1.54, 1.807) is 0 Å². The largest absolute Gasteiger partial charge is 0.313 e. The van der Waals surface area contributed by atoms with Crippen molar-refractivity contribution in [3.05, 3.63) is 28.2 Å². The molecule has 0 aliphatic rings. The minimum atomic E-state index is 0.524. The number of thioether (sulfide) groups is 1. The molecule has 0 radical (unpaired) electrons. The Labute approximate surface area is 131 Å². The van der Waals surface area contributed by atoms with E-state index < -0.39 is 0 Å². The molecule has 0 aliphatic heterocycles. The van der Waals surface area contributed by atoms with Crippen LogP contribution >= 0.6 is 35.0 Å². The van der Waals surface area contributed by atoms with Crippen molar-refractivity contribution < 1.29 is 0 Å². The van der Waals surface area contributed by atoms with Crippen molar-refractivity contribution in [3.63, 3.8) is 0 Å². The first-order chi connectivity index (χ1) is 9.12. The molecule has 0 spiro atoms. The lowest BCUT2D eigenvalue weighted by molar-refractivity contribution is 0.465. The van der Waals surface area contributed by atoms with Gasteiger partial charge in [-0.15, -0.1) is 11.8 Å². The molecule has 0 heterocycles. The Balaban J connectivity index is 2.81. The van der Waals surface area contributed by atoms with Crippen LogP contribution in [0, 0.1) is 0 Å². The first-order valence-electron chi connectivity index (χ1n) is 6.97. The summed E-state index contributed by atoms with van der Waals surface area (Å²) in [7, 11) is 0. The van der Waals surface area contributed by atoms with E-state index in [-0.39, 0.29) is 0 Å². The summed E-state index contributed by atoms with van der Waals surface area (Å²) >= 11 is 14.2. The number of nitrogens with one attached hydrogen (secondary N) is 1. The molecule has 2 atom stereocenters. The van der Waals surface area contributed by atoms with E-state index in [2.05, 4.69) is 26.1 Å². The summed E-state index contributed by atoms with van der Waals surface area (Å²) < 4.78 is 0. The quantitative estimate of drug-likeness (QED) is 0.622. The van der Waals surface area contributed by atoms with Crippen LogP contribution in [0.15, 0.2) is 23.1 Å². The summed E-state index contributed by atoms with van der Waals surface area (Å²) in [4.78, 5) is 1.08. The fourth-order valence-electron chi connectivity index (χ4n) is 2.17. The van der Waals surface area contributed by atoms with Gasteiger partial charge in [-0.25, -0.2) is 0 Å². The molecule has 0 amide bonds. The van der Waals surface area contributed by atoms with Crippen LogP contribution in [0.1, 0.15) is 40.0 Å². The van der Waals surface area contributed by atoms with Gasteiger partial charge in [-0.3, -0.25) is 0 Å². The van der Waals surface area contributed by atoms with E-state index in [0.29, 0.717) is 11.3 Å². The number of halogens is 2. The molecule has 108 valence electrons. The Hall–Kier alpha value is 0.110. The normalized spacial score (nSPS) is 14.4. The van der Waals surface area contributed by atoms with Crippen molar-refractivity contribution in [2.75, 3.05) is 6.54 Å². The zero-order valence-corrected chi connectivity index (χ0v) is 14.2. The van der Waals surface area contributed by atoms with Crippen molar-refractivity contribution >= 4 is 35.0 Å². The van der Waals surface area contributed by atoms with Gasteiger partial charge >= 0.3 is 0 Å². The van der Waals surface area contributed by atoms with Gasteiger partial charge < -0.3 is 5.32 Å². The maximum absolute atomic E-state index is 6.26. The number of hydrogen-bond acceptors (Lipinski definition) is 2. The average molecular weight is 320 g/mol. The monoisotopic (exact) mass is 319 g/mol. The average Bonchev–Trinajstić information content (AvgIpc) is 2.39. The Morgan fingerprint density at radius 1 is 1.21 bits per heavy atom. The van der Waals surface area contributed by atoms with Crippen LogP contribution in [0.2, 0.25) is 10.0 Å². The smallest absolute Gasteiger partial charge is 0.0543 e. The van der Waals surface area contributed by atoms with E-state index in [1.165, 1.54) is 12.8 Å². The standard InChI is InChI=1S/C15H23Cl2NS/c1-4-7-13(18-6-3)14(5-2)19-15-10-11(16)8-9-12(15)17/h8-10,13-14,18H,4-7H2,1-3H3. The molecule has 0 saturated heterocycles. The molecule has 4 heteroatoms. The van der Waals surface area contributed by atoms with Crippen molar-refractivity contribution in [3.8, 4) is 0 Å². The van der Waals surface area contributed by atoms with Crippen LogP contribution < -0.4 is 5.32 Å². The second-order valence-electron chi connectivity index (χ2n) is 4.59. The summed E-state index contributed by atoms with van der Waals surface area (Å²) in [5.41, 5.74) is 0. The van der Waals surface area contributed by atoms with Crippen LogP contribution in [-0.4, -0.2) is 17.8 Å². The molecule has 1 N–H and O–H groups in total. The summed E-state index contributed by atoms with van der Waals surface area (Å²) in [6, 6.07) is 6.20. The third kappa shape index (κ3) is 5.55. The number of hydrogen-bond donors (Lipinski definition) is 1. The van der Waals surface area contributed by atoms with Crippen molar-refractivity contribution in [2.24, 2.45) is 0 Å². The molecule has 19 heavy (non-hydrogen) atoms. The summed E-state index contributed by atoms with van der Waals surface area (Å²) in [6.07, 6.45) is 3.50. The minimum absolute atomic E-state index is 0.524. The van der Waals surface area contributed by atoms with Crippen LogP contribution in [0.5, 0.6) is 0 Å². The zero-order valence-electron chi connectivity index (χ0n) is 11.9. The SMILES string of the molecule is CCCC(NCC)C(CC)Sc1cc(Cl)ccc1Cl. The molecule has 1 aromatic carbocycles. The van der Waals surface area contributed by atoms with Gasteiger partial charge in [0, 0.05) is 21.2 Å². The molecule has 0 aliphatic carbocycles. The van der Waals surface area contributed by atoms with E-state index in [1.807, 2.05) is 30.0 Å². The second kappa shape index (κ2) is 9.12.